The lowest BCUT2D eigenvalue weighted by atomic mass is 10.0. The summed E-state index contributed by atoms with van der Waals surface area (Å²) in [6.07, 6.45) is 0. The number of rotatable bonds is 5. The molecule has 4 heteroatoms. The van der Waals surface area contributed by atoms with Crippen LogP contribution < -0.4 is 11.3 Å². The van der Waals surface area contributed by atoms with Gasteiger partial charge in [0.1, 0.15) is 0 Å². The van der Waals surface area contributed by atoms with Crippen LogP contribution in [-0.2, 0) is 4.79 Å². The highest BCUT2D eigenvalue weighted by Gasteiger charge is 2.18. The normalized spacial score (nSPS) is 15.7. The lowest BCUT2D eigenvalue weighted by molar-refractivity contribution is -0.125. The molecule has 0 fully saturated rings. The monoisotopic (exact) mass is 201 g/mol. The molecule has 0 spiro atoms. The molecule has 0 saturated carbocycles. The summed E-state index contributed by atoms with van der Waals surface area (Å²) in [4.78, 5) is 13.4. The van der Waals surface area contributed by atoms with Crippen LogP contribution in [-0.4, -0.2) is 30.4 Å². The molecule has 0 aromatic heterocycles. The molecule has 0 aliphatic rings. The largest absolute Gasteiger partial charge is 0.303 e. The van der Waals surface area contributed by atoms with E-state index in [1.165, 1.54) is 0 Å². The van der Waals surface area contributed by atoms with Gasteiger partial charge in [0.05, 0.1) is 0 Å². The topological polar surface area (TPSA) is 58.4 Å². The Morgan fingerprint density at radius 2 is 1.86 bits per heavy atom. The molecule has 84 valence electrons. The van der Waals surface area contributed by atoms with Crippen LogP contribution in [0.25, 0.3) is 0 Å². The van der Waals surface area contributed by atoms with Gasteiger partial charge in [-0.1, -0.05) is 20.8 Å². The van der Waals surface area contributed by atoms with Gasteiger partial charge in [0.25, 0.3) is 0 Å². The molecule has 0 aliphatic carbocycles. The van der Waals surface area contributed by atoms with Crippen molar-refractivity contribution in [2.45, 2.75) is 33.7 Å². The molecular weight excluding hydrogens is 178 g/mol. The minimum atomic E-state index is -0.104. The van der Waals surface area contributed by atoms with Crippen LogP contribution in [0.4, 0.5) is 0 Å². The van der Waals surface area contributed by atoms with Crippen LogP contribution in [0.15, 0.2) is 0 Å². The number of nitrogens with one attached hydrogen (secondary N) is 1. The van der Waals surface area contributed by atoms with Crippen molar-refractivity contribution >= 4 is 5.91 Å². The first-order valence-electron chi connectivity index (χ1n) is 5.10. The second-order valence-electron chi connectivity index (χ2n) is 4.33. The Kier molecular flexibility index (Phi) is 5.72. The minimum absolute atomic E-state index is 0.0637. The number of hydrazine groups is 1. The second-order valence-corrected chi connectivity index (χ2v) is 4.33. The van der Waals surface area contributed by atoms with Gasteiger partial charge in [-0.05, 0) is 19.9 Å². The zero-order valence-corrected chi connectivity index (χ0v) is 9.87. The lowest BCUT2D eigenvalue weighted by Gasteiger charge is -2.29. The minimum Gasteiger partial charge on any atom is -0.303 e. The Morgan fingerprint density at radius 1 is 1.36 bits per heavy atom. The van der Waals surface area contributed by atoms with E-state index < -0.39 is 0 Å². The summed E-state index contributed by atoms with van der Waals surface area (Å²) in [5.74, 6) is 5.49. The van der Waals surface area contributed by atoms with E-state index in [9.17, 15) is 4.79 Å². The Labute approximate surface area is 86.8 Å². The number of amides is 1. The zero-order valence-electron chi connectivity index (χ0n) is 9.87. The van der Waals surface area contributed by atoms with Gasteiger partial charge in [-0.2, -0.15) is 0 Å². The Morgan fingerprint density at radius 3 is 2.21 bits per heavy atom. The summed E-state index contributed by atoms with van der Waals surface area (Å²) in [5, 5.41) is 0. The van der Waals surface area contributed by atoms with E-state index in [1.54, 1.807) is 0 Å². The predicted molar refractivity (Wildman–Crippen MR) is 58.4 cm³/mol. The van der Waals surface area contributed by atoms with Gasteiger partial charge in [0.2, 0.25) is 5.91 Å². The van der Waals surface area contributed by atoms with Crippen LogP contribution in [0, 0.1) is 11.8 Å². The smallest absolute Gasteiger partial charge is 0.237 e. The number of nitrogens with zero attached hydrogens (tertiary/aromatic N) is 1. The second kappa shape index (κ2) is 5.98. The summed E-state index contributed by atoms with van der Waals surface area (Å²) in [6, 6.07) is 0.475. The Balaban J connectivity index is 4.05. The maximum Gasteiger partial charge on any atom is 0.237 e. The number of hydrogen-bond donors (Lipinski definition) is 2. The first kappa shape index (κ1) is 13.4. The van der Waals surface area contributed by atoms with Crippen molar-refractivity contribution in [2.75, 3.05) is 13.6 Å². The third-order valence-electron chi connectivity index (χ3n) is 2.81. The first-order valence-corrected chi connectivity index (χ1v) is 5.10. The van der Waals surface area contributed by atoms with Crippen molar-refractivity contribution < 1.29 is 4.79 Å². The molecule has 0 radical (unpaired) electrons. The quantitative estimate of drug-likeness (QED) is 0.389. The van der Waals surface area contributed by atoms with Gasteiger partial charge in [-0.15, -0.1) is 0 Å². The molecule has 0 aliphatic heterocycles. The molecule has 14 heavy (non-hydrogen) atoms. The molecule has 3 N–H and O–H groups in total. The zero-order chi connectivity index (χ0) is 11.3. The van der Waals surface area contributed by atoms with E-state index in [0.717, 1.165) is 6.54 Å². The SMILES string of the molecule is CC(CN(C)C(C)C(C)C)C(=O)NN. The van der Waals surface area contributed by atoms with E-state index in [0.29, 0.717) is 12.0 Å². The van der Waals surface area contributed by atoms with Gasteiger partial charge in [-0.25, -0.2) is 5.84 Å². The van der Waals surface area contributed by atoms with Crippen molar-refractivity contribution in [2.24, 2.45) is 17.7 Å². The van der Waals surface area contributed by atoms with E-state index in [4.69, 9.17) is 5.84 Å². The van der Waals surface area contributed by atoms with Crippen molar-refractivity contribution in [1.29, 1.82) is 0 Å². The Hall–Kier alpha value is -0.610. The predicted octanol–water partition coefficient (Wildman–Crippen LogP) is 0.589. The molecule has 0 aromatic carbocycles. The van der Waals surface area contributed by atoms with Crippen molar-refractivity contribution in [3.63, 3.8) is 0 Å². The van der Waals surface area contributed by atoms with Gasteiger partial charge < -0.3 is 4.90 Å². The molecule has 0 saturated heterocycles. The van der Waals surface area contributed by atoms with E-state index in [1.807, 2.05) is 14.0 Å². The van der Waals surface area contributed by atoms with Crippen LogP contribution in [0.1, 0.15) is 27.7 Å². The van der Waals surface area contributed by atoms with Crippen LogP contribution in [0.2, 0.25) is 0 Å². The molecule has 1 amide bonds. The van der Waals surface area contributed by atoms with Crippen LogP contribution in [0.3, 0.4) is 0 Å². The molecule has 0 aromatic rings. The fourth-order valence-corrected chi connectivity index (χ4v) is 1.33. The highest BCUT2D eigenvalue weighted by Crippen LogP contribution is 2.10. The van der Waals surface area contributed by atoms with E-state index >= 15 is 0 Å². The molecule has 0 rings (SSSR count). The highest BCUT2D eigenvalue weighted by molar-refractivity contribution is 5.77. The lowest BCUT2D eigenvalue weighted by Crippen LogP contribution is -2.43. The van der Waals surface area contributed by atoms with Gasteiger partial charge in [0, 0.05) is 18.5 Å². The standard InChI is InChI=1S/C10H23N3O/c1-7(2)9(4)13(5)6-8(3)10(14)12-11/h7-9H,6,11H2,1-5H3,(H,12,14). The van der Waals surface area contributed by atoms with E-state index in [-0.39, 0.29) is 11.8 Å². The third kappa shape index (κ3) is 4.07. The van der Waals surface area contributed by atoms with Crippen molar-refractivity contribution in [3.05, 3.63) is 0 Å². The summed E-state index contributed by atoms with van der Waals surface area (Å²) < 4.78 is 0. The average molecular weight is 201 g/mol. The summed E-state index contributed by atoms with van der Waals surface area (Å²) in [6.45, 7) is 9.13. The number of hydrogen-bond acceptors (Lipinski definition) is 3. The summed E-state index contributed by atoms with van der Waals surface area (Å²) >= 11 is 0. The fourth-order valence-electron chi connectivity index (χ4n) is 1.33. The molecular formula is C10H23N3O. The van der Waals surface area contributed by atoms with Gasteiger partial charge >= 0.3 is 0 Å². The van der Waals surface area contributed by atoms with Crippen LogP contribution >= 0.6 is 0 Å². The molecule has 2 unspecified atom stereocenters. The summed E-state index contributed by atoms with van der Waals surface area (Å²) in [5.41, 5.74) is 2.17. The number of nitrogens with two attached hydrogens (primary N) is 1. The molecule has 4 nitrogen and oxygen atoms in total. The highest BCUT2D eigenvalue weighted by atomic mass is 16.2. The van der Waals surface area contributed by atoms with Crippen LogP contribution in [0.5, 0.6) is 0 Å². The fraction of sp³-hybridized carbons (Fsp3) is 0.900. The third-order valence-corrected chi connectivity index (χ3v) is 2.81. The molecule has 2 atom stereocenters. The number of carbonyl (C=O) groups excluding carboxylic acids is 1. The van der Waals surface area contributed by atoms with Gasteiger partial charge in [0.15, 0.2) is 0 Å². The van der Waals surface area contributed by atoms with Crippen molar-refractivity contribution in [3.8, 4) is 0 Å². The molecule has 0 bridgehead atoms. The first-order chi connectivity index (χ1) is 6.40. The Bertz CT molecular complexity index is 182. The maximum atomic E-state index is 11.2. The summed E-state index contributed by atoms with van der Waals surface area (Å²) in [7, 11) is 2.03. The van der Waals surface area contributed by atoms with E-state index in [2.05, 4.69) is 31.1 Å². The van der Waals surface area contributed by atoms with Gasteiger partial charge in [-0.3, -0.25) is 10.2 Å². The average Bonchev–Trinajstić information content (AvgIpc) is 2.14. The number of carbonyl (C=O) groups is 1. The maximum absolute atomic E-state index is 11.2. The van der Waals surface area contributed by atoms with Crippen molar-refractivity contribution in [1.82, 2.24) is 10.3 Å². The molecule has 0 heterocycles.